The molecule has 1 heterocycles. The molecule has 0 N–H and O–H groups in total. The average Bonchev–Trinajstić information content (AvgIpc) is 2.67. The van der Waals surface area contributed by atoms with Gasteiger partial charge in [-0.15, -0.1) is 0 Å². The van der Waals surface area contributed by atoms with Crippen molar-refractivity contribution in [1.82, 2.24) is 4.90 Å². The van der Waals surface area contributed by atoms with Crippen LogP contribution in [0.2, 0.25) is 0 Å². The summed E-state index contributed by atoms with van der Waals surface area (Å²) in [5.74, 6) is 1.69. The Bertz CT molecular complexity index is 742. The van der Waals surface area contributed by atoms with Gasteiger partial charge in [0.1, 0.15) is 11.6 Å². The number of fused-ring (bicyclic) bond motifs is 1. The minimum Gasteiger partial charge on any atom is -0.493 e. The quantitative estimate of drug-likeness (QED) is 0.781. The van der Waals surface area contributed by atoms with Gasteiger partial charge in [0.2, 0.25) is 0 Å². The monoisotopic (exact) mass is 353 g/mol. The van der Waals surface area contributed by atoms with Crippen molar-refractivity contribution < 1.29 is 9.13 Å². The third-order valence-corrected chi connectivity index (χ3v) is 6.02. The van der Waals surface area contributed by atoms with Gasteiger partial charge < -0.3 is 9.64 Å². The highest BCUT2D eigenvalue weighted by atomic mass is 19.1. The van der Waals surface area contributed by atoms with Crippen LogP contribution in [0.1, 0.15) is 41.9 Å². The predicted molar refractivity (Wildman–Crippen MR) is 103 cm³/mol. The van der Waals surface area contributed by atoms with Crippen molar-refractivity contribution in [2.45, 2.75) is 38.0 Å². The Kier molecular flexibility index (Phi) is 5.26. The summed E-state index contributed by atoms with van der Waals surface area (Å²) in [5.41, 5.74) is 4.19. The van der Waals surface area contributed by atoms with Crippen LogP contribution in [-0.4, -0.2) is 31.6 Å². The summed E-state index contributed by atoms with van der Waals surface area (Å²) in [6.45, 7) is 2.82. The van der Waals surface area contributed by atoms with Gasteiger partial charge in [0.25, 0.3) is 0 Å². The summed E-state index contributed by atoms with van der Waals surface area (Å²) in [5, 5.41) is 0. The Morgan fingerprint density at radius 1 is 1.04 bits per heavy atom. The van der Waals surface area contributed by atoms with Crippen LogP contribution >= 0.6 is 0 Å². The summed E-state index contributed by atoms with van der Waals surface area (Å²) in [6, 6.07) is 13.7. The highest BCUT2D eigenvalue weighted by Gasteiger charge is 2.29. The van der Waals surface area contributed by atoms with Crippen molar-refractivity contribution >= 4 is 0 Å². The van der Waals surface area contributed by atoms with Crippen LogP contribution in [0.25, 0.3) is 0 Å². The number of likely N-dealkylation sites (tertiary alicyclic amines) is 1. The van der Waals surface area contributed by atoms with Crippen LogP contribution in [0.15, 0.2) is 42.5 Å². The van der Waals surface area contributed by atoms with Crippen LogP contribution in [0, 0.1) is 11.7 Å². The Morgan fingerprint density at radius 3 is 2.62 bits per heavy atom. The van der Waals surface area contributed by atoms with Crippen molar-refractivity contribution in [2.75, 3.05) is 26.7 Å². The third-order valence-electron chi connectivity index (χ3n) is 6.02. The molecule has 4 rings (SSSR count). The van der Waals surface area contributed by atoms with E-state index in [4.69, 9.17) is 4.74 Å². The molecule has 2 atom stereocenters. The van der Waals surface area contributed by atoms with Crippen molar-refractivity contribution in [1.29, 1.82) is 0 Å². The van der Waals surface area contributed by atoms with Crippen molar-refractivity contribution in [2.24, 2.45) is 5.92 Å². The molecule has 2 unspecified atom stereocenters. The molecule has 26 heavy (non-hydrogen) atoms. The summed E-state index contributed by atoms with van der Waals surface area (Å²) in [6.07, 6.45) is 6.07. The van der Waals surface area contributed by atoms with Crippen LogP contribution in [0.3, 0.4) is 0 Å². The molecule has 2 aliphatic rings. The lowest BCUT2D eigenvalue weighted by Gasteiger charge is -2.37. The van der Waals surface area contributed by atoms with Gasteiger partial charge in [0.15, 0.2) is 0 Å². The molecule has 0 amide bonds. The Morgan fingerprint density at radius 2 is 1.81 bits per heavy atom. The first kappa shape index (κ1) is 17.5. The number of rotatable bonds is 4. The lowest BCUT2D eigenvalue weighted by atomic mass is 9.81. The number of nitrogens with zero attached hydrogens (tertiary/aromatic N) is 1. The van der Waals surface area contributed by atoms with E-state index in [1.165, 1.54) is 42.4 Å². The predicted octanol–water partition coefficient (Wildman–Crippen LogP) is 4.82. The maximum absolute atomic E-state index is 13.3. The molecule has 0 spiro atoms. The van der Waals surface area contributed by atoms with Gasteiger partial charge >= 0.3 is 0 Å². The Labute approximate surface area is 156 Å². The van der Waals surface area contributed by atoms with E-state index >= 15 is 0 Å². The molecule has 1 aliphatic heterocycles. The third kappa shape index (κ3) is 3.93. The van der Waals surface area contributed by atoms with Crippen molar-refractivity contribution in [3.05, 3.63) is 65.0 Å². The second-order valence-electron chi connectivity index (χ2n) is 7.92. The first-order valence-electron chi connectivity index (χ1n) is 9.87. The van der Waals surface area contributed by atoms with Crippen LogP contribution < -0.4 is 4.74 Å². The van der Waals surface area contributed by atoms with Gasteiger partial charge in [-0.2, -0.15) is 0 Å². The summed E-state index contributed by atoms with van der Waals surface area (Å²) < 4.78 is 19.5. The zero-order valence-electron chi connectivity index (χ0n) is 15.6. The van der Waals surface area contributed by atoms with Gasteiger partial charge in [-0.1, -0.05) is 18.2 Å². The molecule has 0 aromatic heterocycles. The molecule has 2 aromatic carbocycles. The second kappa shape index (κ2) is 7.79. The number of aryl methyl sites for hydroxylation is 2. The molecule has 3 heteroatoms. The van der Waals surface area contributed by atoms with Crippen LogP contribution in [0.5, 0.6) is 5.75 Å². The number of hydrogen-bond acceptors (Lipinski definition) is 2. The fraction of sp³-hybridized carbons (Fsp3) is 0.478. The SMILES string of the molecule is CN1CCC(c2ccc(F)cc2)C(COc2ccc3c(c2)CCCC3)C1. The first-order chi connectivity index (χ1) is 12.7. The summed E-state index contributed by atoms with van der Waals surface area (Å²) in [7, 11) is 2.17. The highest BCUT2D eigenvalue weighted by molar-refractivity contribution is 5.37. The molecule has 0 saturated carbocycles. The number of benzene rings is 2. The molecule has 0 radical (unpaired) electrons. The molecule has 138 valence electrons. The van der Waals surface area contributed by atoms with Crippen LogP contribution in [-0.2, 0) is 12.8 Å². The molecule has 1 aliphatic carbocycles. The lowest BCUT2D eigenvalue weighted by Crippen LogP contribution is -2.39. The van der Waals surface area contributed by atoms with Crippen molar-refractivity contribution in [3.8, 4) is 5.75 Å². The number of hydrogen-bond donors (Lipinski definition) is 0. The minimum atomic E-state index is -0.163. The smallest absolute Gasteiger partial charge is 0.123 e. The van der Waals surface area contributed by atoms with E-state index in [1.54, 1.807) is 12.1 Å². The van der Waals surface area contributed by atoms with Gasteiger partial charge in [0, 0.05) is 12.5 Å². The Balaban J connectivity index is 1.46. The average molecular weight is 353 g/mol. The second-order valence-corrected chi connectivity index (χ2v) is 7.92. The Hall–Kier alpha value is -1.87. The number of halogens is 1. The normalized spacial score (nSPS) is 23.5. The van der Waals surface area contributed by atoms with E-state index in [0.29, 0.717) is 18.4 Å². The van der Waals surface area contributed by atoms with E-state index in [-0.39, 0.29) is 5.82 Å². The fourth-order valence-corrected chi connectivity index (χ4v) is 4.53. The maximum Gasteiger partial charge on any atom is 0.123 e. The summed E-state index contributed by atoms with van der Waals surface area (Å²) in [4.78, 5) is 2.38. The molecule has 0 bridgehead atoms. The number of ether oxygens (including phenoxy) is 1. The molecule has 1 fully saturated rings. The first-order valence-corrected chi connectivity index (χ1v) is 9.87. The molecular formula is C23H28FNO. The van der Waals surface area contributed by atoms with E-state index in [0.717, 1.165) is 25.3 Å². The topological polar surface area (TPSA) is 12.5 Å². The molecule has 1 saturated heterocycles. The van der Waals surface area contributed by atoms with E-state index in [1.807, 2.05) is 12.1 Å². The van der Waals surface area contributed by atoms with E-state index in [9.17, 15) is 4.39 Å². The fourth-order valence-electron chi connectivity index (χ4n) is 4.53. The van der Waals surface area contributed by atoms with E-state index < -0.39 is 0 Å². The standard InChI is InChI=1S/C23H28FNO/c1-25-13-12-23(18-6-9-21(24)10-7-18)20(15-25)16-26-22-11-8-17-4-2-3-5-19(17)14-22/h6-11,14,20,23H,2-5,12-13,15-16H2,1H3. The lowest BCUT2D eigenvalue weighted by molar-refractivity contribution is 0.129. The van der Waals surface area contributed by atoms with Gasteiger partial charge in [-0.25, -0.2) is 4.39 Å². The maximum atomic E-state index is 13.3. The molecular weight excluding hydrogens is 325 g/mol. The van der Waals surface area contributed by atoms with Gasteiger partial charge in [-0.05, 0) is 92.6 Å². The van der Waals surface area contributed by atoms with Gasteiger partial charge in [0.05, 0.1) is 6.61 Å². The van der Waals surface area contributed by atoms with Gasteiger partial charge in [-0.3, -0.25) is 0 Å². The highest BCUT2D eigenvalue weighted by Crippen LogP contribution is 2.34. The molecule has 2 aromatic rings. The zero-order chi connectivity index (χ0) is 17.9. The number of piperidine rings is 1. The summed E-state index contributed by atoms with van der Waals surface area (Å²) >= 11 is 0. The van der Waals surface area contributed by atoms with Crippen molar-refractivity contribution in [3.63, 3.8) is 0 Å². The zero-order valence-corrected chi connectivity index (χ0v) is 15.6. The van der Waals surface area contributed by atoms with Crippen LogP contribution in [0.4, 0.5) is 4.39 Å². The molecule has 2 nitrogen and oxygen atoms in total. The minimum absolute atomic E-state index is 0.163. The van der Waals surface area contributed by atoms with E-state index in [2.05, 4.69) is 30.1 Å². The largest absolute Gasteiger partial charge is 0.493 e.